The van der Waals surface area contributed by atoms with E-state index in [1.807, 2.05) is 13.0 Å². The van der Waals surface area contributed by atoms with Crippen LogP contribution in [0.5, 0.6) is 0 Å². The maximum absolute atomic E-state index is 11.1. The molecule has 4 heteroatoms. The normalized spacial score (nSPS) is 14.3. The summed E-state index contributed by atoms with van der Waals surface area (Å²) >= 11 is 0. The number of nitrogens with one attached hydrogen (secondary N) is 1. The van der Waals surface area contributed by atoms with E-state index in [1.54, 1.807) is 6.92 Å². The van der Waals surface area contributed by atoms with Gasteiger partial charge in [-0.15, -0.1) is 0 Å². The Balaban J connectivity index is 3.59. The van der Waals surface area contributed by atoms with Crippen LogP contribution in [0.2, 0.25) is 0 Å². The molecule has 0 aliphatic heterocycles. The second kappa shape index (κ2) is 6.44. The van der Waals surface area contributed by atoms with E-state index in [9.17, 15) is 4.79 Å². The molecule has 2 unspecified atom stereocenters. The standard InChI is InChI=1S/C9H17N3O/c1-3-8(11)4-9(13)12-6-7(2)5-10/h7-8H,3-4,6,11H2,1-2H3,(H,12,13). The van der Waals surface area contributed by atoms with Gasteiger partial charge in [0.25, 0.3) is 0 Å². The molecule has 0 bridgehead atoms. The molecule has 4 nitrogen and oxygen atoms in total. The molecular formula is C9H17N3O. The number of nitrogens with two attached hydrogens (primary N) is 1. The molecule has 0 rings (SSSR count). The third-order valence-electron chi connectivity index (χ3n) is 1.80. The van der Waals surface area contributed by atoms with Crippen LogP contribution in [-0.2, 0) is 4.79 Å². The maximum Gasteiger partial charge on any atom is 0.221 e. The second-order valence-electron chi connectivity index (χ2n) is 3.21. The molecule has 3 N–H and O–H groups in total. The van der Waals surface area contributed by atoms with Crippen molar-refractivity contribution in [3.63, 3.8) is 0 Å². The zero-order chi connectivity index (χ0) is 10.3. The Labute approximate surface area is 79.1 Å². The van der Waals surface area contributed by atoms with Gasteiger partial charge in [0.15, 0.2) is 0 Å². The summed E-state index contributed by atoms with van der Waals surface area (Å²) in [5, 5.41) is 11.1. The minimum Gasteiger partial charge on any atom is -0.355 e. The molecular weight excluding hydrogens is 166 g/mol. The van der Waals surface area contributed by atoms with Crippen molar-refractivity contribution >= 4 is 5.91 Å². The van der Waals surface area contributed by atoms with Crippen LogP contribution in [0.25, 0.3) is 0 Å². The lowest BCUT2D eigenvalue weighted by molar-refractivity contribution is -0.121. The fourth-order valence-corrected chi connectivity index (χ4v) is 0.767. The summed E-state index contributed by atoms with van der Waals surface area (Å²) in [6.45, 7) is 4.11. The first-order chi connectivity index (χ1) is 6.10. The van der Waals surface area contributed by atoms with E-state index < -0.39 is 0 Å². The van der Waals surface area contributed by atoms with Crippen molar-refractivity contribution in [3.8, 4) is 6.07 Å². The van der Waals surface area contributed by atoms with Gasteiger partial charge in [-0.1, -0.05) is 6.92 Å². The van der Waals surface area contributed by atoms with Crippen molar-refractivity contribution in [3.05, 3.63) is 0 Å². The van der Waals surface area contributed by atoms with Crippen LogP contribution in [0.1, 0.15) is 26.7 Å². The van der Waals surface area contributed by atoms with Gasteiger partial charge in [0.1, 0.15) is 0 Å². The summed E-state index contributed by atoms with van der Waals surface area (Å²) in [7, 11) is 0. The Morgan fingerprint density at radius 1 is 1.69 bits per heavy atom. The molecule has 1 amide bonds. The van der Waals surface area contributed by atoms with Gasteiger partial charge in [0.05, 0.1) is 12.0 Å². The molecule has 0 aromatic heterocycles. The van der Waals surface area contributed by atoms with Crippen molar-refractivity contribution in [2.24, 2.45) is 11.7 Å². The van der Waals surface area contributed by atoms with Crippen LogP contribution in [0, 0.1) is 17.2 Å². The lowest BCUT2D eigenvalue weighted by atomic mass is 10.1. The summed E-state index contributed by atoms with van der Waals surface area (Å²) in [6, 6.07) is 1.97. The van der Waals surface area contributed by atoms with E-state index >= 15 is 0 Å². The molecule has 0 aromatic rings. The second-order valence-corrected chi connectivity index (χ2v) is 3.21. The van der Waals surface area contributed by atoms with Crippen molar-refractivity contribution in [1.82, 2.24) is 5.32 Å². The molecule has 2 atom stereocenters. The van der Waals surface area contributed by atoms with Gasteiger partial charge in [-0.2, -0.15) is 5.26 Å². The zero-order valence-corrected chi connectivity index (χ0v) is 8.21. The SMILES string of the molecule is CCC(N)CC(=O)NCC(C)C#N. The average molecular weight is 183 g/mol. The molecule has 0 heterocycles. The van der Waals surface area contributed by atoms with E-state index in [0.717, 1.165) is 6.42 Å². The molecule has 0 spiro atoms. The molecule has 0 saturated heterocycles. The van der Waals surface area contributed by atoms with Gasteiger partial charge in [-0.3, -0.25) is 4.79 Å². The number of nitriles is 1. The minimum atomic E-state index is -0.137. The predicted molar refractivity (Wildman–Crippen MR) is 50.7 cm³/mol. The first kappa shape index (κ1) is 11.9. The highest BCUT2D eigenvalue weighted by Crippen LogP contribution is 1.94. The topological polar surface area (TPSA) is 78.9 Å². The average Bonchev–Trinajstić information content (AvgIpc) is 2.13. The smallest absolute Gasteiger partial charge is 0.221 e. The Hall–Kier alpha value is -1.08. The number of nitrogens with zero attached hydrogens (tertiary/aromatic N) is 1. The summed E-state index contributed by atoms with van der Waals surface area (Å²) in [5.74, 6) is -0.210. The summed E-state index contributed by atoms with van der Waals surface area (Å²) in [4.78, 5) is 11.1. The highest BCUT2D eigenvalue weighted by molar-refractivity contribution is 5.76. The molecule has 0 saturated carbocycles. The fraction of sp³-hybridized carbons (Fsp3) is 0.778. The van der Waals surface area contributed by atoms with E-state index in [4.69, 9.17) is 11.0 Å². The molecule has 0 radical (unpaired) electrons. The summed E-state index contributed by atoms with van der Waals surface area (Å²) in [6.07, 6.45) is 1.13. The van der Waals surface area contributed by atoms with E-state index in [1.165, 1.54) is 0 Å². The van der Waals surface area contributed by atoms with Gasteiger partial charge in [-0.25, -0.2) is 0 Å². The number of carbonyl (C=O) groups excluding carboxylic acids is 1. The molecule has 74 valence electrons. The van der Waals surface area contributed by atoms with Crippen molar-refractivity contribution in [2.75, 3.05) is 6.54 Å². The van der Waals surface area contributed by atoms with Crippen molar-refractivity contribution < 1.29 is 4.79 Å². The Morgan fingerprint density at radius 2 is 2.31 bits per heavy atom. The molecule has 0 aromatic carbocycles. The molecule has 0 aliphatic rings. The maximum atomic E-state index is 11.1. The van der Waals surface area contributed by atoms with E-state index in [2.05, 4.69) is 5.32 Å². The van der Waals surface area contributed by atoms with Crippen LogP contribution in [0.4, 0.5) is 0 Å². The highest BCUT2D eigenvalue weighted by Gasteiger charge is 2.08. The molecule has 13 heavy (non-hydrogen) atoms. The largest absolute Gasteiger partial charge is 0.355 e. The van der Waals surface area contributed by atoms with Gasteiger partial charge in [0, 0.05) is 19.0 Å². The third-order valence-corrected chi connectivity index (χ3v) is 1.80. The van der Waals surface area contributed by atoms with E-state index in [0.29, 0.717) is 13.0 Å². The Kier molecular flexibility index (Phi) is 5.90. The first-order valence-corrected chi connectivity index (χ1v) is 4.52. The van der Waals surface area contributed by atoms with Gasteiger partial charge < -0.3 is 11.1 Å². The summed E-state index contributed by atoms with van der Waals surface area (Å²) in [5.41, 5.74) is 5.59. The lowest BCUT2D eigenvalue weighted by Crippen LogP contribution is -2.33. The number of rotatable bonds is 5. The minimum absolute atomic E-state index is 0.0719. The summed E-state index contributed by atoms with van der Waals surface area (Å²) < 4.78 is 0. The monoisotopic (exact) mass is 183 g/mol. The van der Waals surface area contributed by atoms with Crippen LogP contribution < -0.4 is 11.1 Å². The van der Waals surface area contributed by atoms with Crippen LogP contribution in [0.3, 0.4) is 0 Å². The number of carbonyl (C=O) groups is 1. The highest BCUT2D eigenvalue weighted by atomic mass is 16.1. The fourth-order valence-electron chi connectivity index (χ4n) is 0.767. The predicted octanol–water partition coefficient (Wildman–Crippen LogP) is 0.390. The number of hydrogen-bond donors (Lipinski definition) is 2. The van der Waals surface area contributed by atoms with Crippen molar-refractivity contribution in [2.45, 2.75) is 32.7 Å². The zero-order valence-electron chi connectivity index (χ0n) is 8.21. The van der Waals surface area contributed by atoms with Gasteiger partial charge in [-0.05, 0) is 13.3 Å². The molecule has 0 aliphatic carbocycles. The van der Waals surface area contributed by atoms with E-state index in [-0.39, 0.29) is 17.9 Å². The third kappa shape index (κ3) is 6.12. The number of hydrogen-bond acceptors (Lipinski definition) is 3. The lowest BCUT2D eigenvalue weighted by Gasteiger charge is -2.09. The number of amides is 1. The van der Waals surface area contributed by atoms with Crippen LogP contribution >= 0.6 is 0 Å². The van der Waals surface area contributed by atoms with Crippen LogP contribution in [-0.4, -0.2) is 18.5 Å². The first-order valence-electron chi connectivity index (χ1n) is 4.52. The molecule has 0 fully saturated rings. The van der Waals surface area contributed by atoms with Gasteiger partial charge in [0.2, 0.25) is 5.91 Å². The quantitative estimate of drug-likeness (QED) is 0.647. The Morgan fingerprint density at radius 3 is 2.77 bits per heavy atom. The Bertz CT molecular complexity index is 198. The van der Waals surface area contributed by atoms with Gasteiger partial charge >= 0.3 is 0 Å². The van der Waals surface area contributed by atoms with Crippen LogP contribution in [0.15, 0.2) is 0 Å². The van der Waals surface area contributed by atoms with Crippen molar-refractivity contribution in [1.29, 1.82) is 5.26 Å².